The lowest BCUT2D eigenvalue weighted by Crippen LogP contribution is -2.56. The SMILES string of the molecule is COOOSC.O=C1c2c(c3c4ccc(O)cc4n(C4OC(CO)C(O)C(O)C4O)c3c3[nH]c4cc(O)ccc4c23)C(=O)N1NCc1ccncc1CO. The summed E-state index contributed by atoms with van der Waals surface area (Å²) in [6, 6.07) is 10.5. The molecule has 5 unspecified atom stereocenters. The number of carbonyl (C=O) groups excluding carboxylic acids is 2. The molecule has 1 fully saturated rings. The van der Waals surface area contributed by atoms with Gasteiger partial charge in [-0.1, -0.05) is 5.04 Å². The van der Waals surface area contributed by atoms with Crippen LogP contribution in [0.25, 0.3) is 43.6 Å². The largest absolute Gasteiger partial charge is 0.508 e. The number of aromatic hydroxyl groups is 2. The molecule has 9 N–H and O–H groups in total. The molecule has 0 radical (unpaired) electrons. The molecule has 0 saturated carbocycles. The summed E-state index contributed by atoms with van der Waals surface area (Å²) >= 11 is 1.08. The van der Waals surface area contributed by atoms with E-state index in [1.165, 1.54) is 48.3 Å². The second kappa shape index (κ2) is 15.1. The molecule has 0 aliphatic carbocycles. The molecule has 18 nitrogen and oxygen atoms in total. The number of aromatic nitrogens is 3. The van der Waals surface area contributed by atoms with Crippen LogP contribution in [0.2, 0.25) is 0 Å². The first-order chi connectivity index (χ1) is 26.1. The van der Waals surface area contributed by atoms with Gasteiger partial charge < -0.3 is 50.0 Å². The van der Waals surface area contributed by atoms with Gasteiger partial charge in [0.05, 0.1) is 53.5 Å². The van der Waals surface area contributed by atoms with Gasteiger partial charge in [0.25, 0.3) is 11.8 Å². The number of phenols is 2. The summed E-state index contributed by atoms with van der Waals surface area (Å²) < 4.78 is 11.6. The number of rotatable bonds is 9. The van der Waals surface area contributed by atoms with Gasteiger partial charge in [0.1, 0.15) is 35.9 Å². The van der Waals surface area contributed by atoms with Crippen molar-refractivity contribution < 1.29 is 64.3 Å². The number of aliphatic hydroxyl groups excluding tert-OH is 5. The zero-order valence-corrected chi connectivity index (χ0v) is 29.4. The highest BCUT2D eigenvalue weighted by Gasteiger charge is 2.47. The van der Waals surface area contributed by atoms with E-state index in [2.05, 4.69) is 29.7 Å². The van der Waals surface area contributed by atoms with Crippen molar-refractivity contribution in [3.63, 3.8) is 0 Å². The highest BCUT2D eigenvalue weighted by atomic mass is 32.2. The van der Waals surface area contributed by atoms with Crippen LogP contribution in [0.1, 0.15) is 38.1 Å². The van der Waals surface area contributed by atoms with Crippen LogP contribution in [-0.4, -0.2) is 111 Å². The molecule has 19 heteroatoms. The third kappa shape index (κ3) is 6.10. The zero-order valence-electron chi connectivity index (χ0n) is 28.5. The smallest absolute Gasteiger partial charge is 0.276 e. The first-order valence-electron chi connectivity index (χ1n) is 16.4. The summed E-state index contributed by atoms with van der Waals surface area (Å²) in [7, 11) is 1.37. The Kier molecular flexibility index (Phi) is 10.5. The quantitative estimate of drug-likeness (QED) is 0.0334. The molecule has 3 aromatic heterocycles. The zero-order chi connectivity index (χ0) is 38.4. The molecule has 2 amide bonds. The maximum Gasteiger partial charge on any atom is 0.276 e. The molecule has 1 saturated heterocycles. The Labute approximate surface area is 308 Å². The molecule has 0 spiro atoms. The predicted octanol–water partition coefficient (Wildman–Crippen LogP) is 1.77. The molecular formula is C35H35N5O13S. The van der Waals surface area contributed by atoms with E-state index in [0.717, 1.165) is 17.1 Å². The number of phenolic OH excluding ortho intramolecular Hbond substituents is 2. The number of hydrogen-bond acceptors (Lipinski definition) is 16. The minimum atomic E-state index is -1.74. The van der Waals surface area contributed by atoms with E-state index in [0.29, 0.717) is 38.3 Å². The van der Waals surface area contributed by atoms with Gasteiger partial charge in [-0.2, -0.15) is 0 Å². The molecule has 8 rings (SSSR count). The number of benzene rings is 3. The maximum atomic E-state index is 14.4. The van der Waals surface area contributed by atoms with Crippen molar-refractivity contribution in [1.82, 2.24) is 25.0 Å². The van der Waals surface area contributed by atoms with Gasteiger partial charge in [0, 0.05) is 76.5 Å². The maximum absolute atomic E-state index is 14.4. The number of carbonyl (C=O) groups is 2. The molecule has 5 atom stereocenters. The van der Waals surface area contributed by atoms with Crippen molar-refractivity contribution >= 4 is 67.5 Å². The average molecular weight is 766 g/mol. The highest BCUT2D eigenvalue weighted by Crippen LogP contribution is 2.48. The van der Waals surface area contributed by atoms with Crippen molar-refractivity contribution in [3.05, 3.63) is 77.1 Å². The number of hydrazine groups is 1. The Bertz CT molecular complexity index is 2390. The van der Waals surface area contributed by atoms with E-state index < -0.39 is 49.1 Å². The lowest BCUT2D eigenvalue weighted by Gasteiger charge is -2.41. The van der Waals surface area contributed by atoms with E-state index in [1.807, 2.05) is 0 Å². The number of aliphatic hydroxyl groups is 5. The second-order valence-electron chi connectivity index (χ2n) is 12.4. The molecule has 0 bridgehead atoms. The number of pyridine rings is 1. The average Bonchev–Trinajstić information content (AvgIpc) is 3.78. The summed E-state index contributed by atoms with van der Waals surface area (Å²) in [6.45, 7) is -0.997. The number of amides is 2. The van der Waals surface area contributed by atoms with Gasteiger partial charge in [-0.05, 0) is 35.9 Å². The number of H-pyrrole nitrogens is 1. The Balaban J connectivity index is 0.000000695. The van der Waals surface area contributed by atoms with Gasteiger partial charge in [-0.3, -0.25) is 14.6 Å². The summed E-state index contributed by atoms with van der Waals surface area (Å²) in [4.78, 5) is 40.0. The number of hydrogen-bond donors (Lipinski definition) is 9. The number of ether oxygens (including phenoxy) is 1. The fraction of sp³-hybridized carbons (Fsp3) is 0.286. The fourth-order valence-electron chi connectivity index (χ4n) is 7.11. The Morgan fingerprint density at radius 2 is 1.63 bits per heavy atom. The van der Waals surface area contributed by atoms with E-state index in [9.17, 15) is 45.3 Å². The summed E-state index contributed by atoms with van der Waals surface area (Å²) in [5.41, 5.74) is 5.33. The predicted molar refractivity (Wildman–Crippen MR) is 191 cm³/mol. The Morgan fingerprint density at radius 1 is 0.926 bits per heavy atom. The third-order valence-corrected chi connectivity index (χ3v) is 9.67. The fourth-order valence-corrected chi connectivity index (χ4v) is 7.22. The number of nitrogens with one attached hydrogen (secondary N) is 2. The molecular weight excluding hydrogens is 730 g/mol. The molecule has 2 aliphatic heterocycles. The minimum absolute atomic E-state index is 0.00156. The van der Waals surface area contributed by atoms with Crippen molar-refractivity contribution in [3.8, 4) is 11.5 Å². The van der Waals surface area contributed by atoms with Gasteiger partial charge >= 0.3 is 0 Å². The number of aromatic amines is 1. The van der Waals surface area contributed by atoms with Crippen molar-refractivity contribution in [1.29, 1.82) is 0 Å². The molecule has 54 heavy (non-hydrogen) atoms. The van der Waals surface area contributed by atoms with Crippen LogP contribution in [-0.2, 0) is 32.1 Å². The summed E-state index contributed by atoms with van der Waals surface area (Å²) in [6.07, 6.45) is -3.12. The normalized spacial score (nSPS) is 21.4. The monoisotopic (exact) mass is 765 g/mol. The topological polar surface area (TPSA) is 262 Å². The van der Waals surface area contributed by atoms with Crippen LogP contribution in [0.15, 0.2) is 54.9 Å². The van der Waals surface area contributed by atoms with Gasteiger partial charge in [-0.25, -0.2) is 15.3 Å². The second-order valence-corrected chi connectivity index (χ2v) is 12.9. The van der Waals surface area contributed by atoms with E-state index in [-0.39, 0.29) is 52.2 Å². The van der Waals surface area contributed by atoms with Crippen molar-refractivity contribution in [2.75, 3.05) is 20.0 Å². The number of nitrogens with zero attached hydrogens (tertiary/aromatic N) is 3. The van der Waals surface area contributed by atoms with Crippen LogP contribution < -0.4 is 5.43 Å². The Hall–Kier alpha value is -4.90. The van der Waals surface area contributed by atoms with Crippen LogP contribution in [0.5, 0.6) is 11.5 Å². The summed E-state index contributed by atoms with van der Waals surface area (Å²) in [5.74, 6) is -1.60. The molecule has 5 heterocycles. The lowest BCUT2D eigenvalue weighted by atomic mass is 9.96. The highest BCUT2D eigenvalue weighted by molar-refractivity contribution is 7.93. The van der Waals surface area contributed by atoms with Crippen LogP contribution in [0.3, 0.4) is 0 Å². The van der Waals surface area contributed by atoms with Crippen molar-refractivity contribution in [2.24, 2.45) is 0 Å². The molecule has 3 aromatic carbocycles. The minimum Gasteiger partial charge on any atom is -0.508 e. The van der Waals surface area contributed by atoms with Crippen LogP contribution in [0, 0.1) is 0 Å². The lowest BCUT2D eigenvalue weighted by molar-refractivity contribution is -0.447. The van der Waals surface area contributed by atoms with Crippen LogP contribution >= 0.6 is 12.0 Å². The Morgan fingerprint density at radius 3 is 2.30 bits per heavy atom. The first-order valence-corrected chi connectivity index (χ1v) is 17.5. The number of imide groups is 1. The van der Waals surface area contributed by atoms with Gasteiger partial charge in [0.2, 0.25) is 0 Å². The third-order valence-electron chi connectivity index (χ3n) is 9.48. The molecule has 284 valence electrons. The number of fused-ring (bicyclic) bond motifs is 10. The standard InChI is InChI=1S/C33H29N5O10.C2H6O3S/c39-11-14-9-34-6-5-13(14)10-35-38-31(46)24-22-17-3-1-15(41)7-19(17)36-26(22)27-23(25(24)32(38)47)18-4-2-16(42)8-20(18)37(27)33-30(45)29(44)28(43)21(12-40)48-33;1-3-4-5-6-2/h1-9,21,28-30,33,35-36,39-45H,10-12H2;1-2H3. The van der Waals surface area contributed by atoms with Gasteiger partial charge in [0.15, 0.2) is 6.23 Å². The van der Waals surface area contributed by atoms with E-state index in [1.54, 1.807) is 24.5 Å². The first kappa shape index (κ1) is 37.4. The summed E-state index contributed by atoms with van der Waals surface area (Å²) in [5, 5.41) is 79.5. The van der Waals surface area contributed by atoms with Crippen LogP contribution in [0.4, 0.5) is 0 Å². The van der Waals surface area contributed by atoms with Gasteiger partial charge in [-0.15, -0.1) is 4.33 Å². The van der Waals surface area contributed by atoms with Crippen molar-refractivity contribution in [2.45, 2.75) is 43.8 Å². The molecule has 6 aromatic rings. The van der Waals surface area contributed by atoms with E-state index in [4.69, 9.17) is 4.74 Å². The van der Waals surface area contributed by atoms with E-state index >= 15 is 0 Å². The molecule has 2 aliphatic rings.